The minimum absolute atomic E-state index is 0.0802. The highest BCUT2D eigenvalue weighted by molar-refractivity contribution is 7.91. The van der Waals surface area contributed by atoms with Crippen molar-refractivity contribution < 1.29 is 8.42 Å². The molecule has 1 atom stereocenters. The Morgan fingerprint density at radius 1 is 1.10 bits per heavy atom. The van der Waals surface area contributed by atoms with Crippen LogP contribution < -0.4 is 5.32 Å². The lowest BCUT2D eigenvalue weighted by Crippen LogP contribution is -2.24. The Hall–Kier alpha value is -1.23. The van der Waals surface area contributed by atoms with Crippen LogP contribution >= 0.6 is 23.2 Å². The number of sulfone groups is 1. The van der Waals surface area contributed by atoms with Gasteiger partial charge in [-0.15, -0.1) is 0 Å². The molecule has 1 aliphatic rings. The predicted molar refractivity (Wildman–Crippen MR) is 85.9 cm³/mol. The molecular weight excluding hydrogens is 329 g/mol. The second-order valence-electron chi connectivity index (χ2n) is 4.97. The van der Waals surface area contributed by atoms with E-state index in [0.29, 0.717) is 21.4 Å². The van der Waals surface area contributed by atoms with Crippen LogP contribution in [0.25, 0.3) is 0 Å². The van der Waals surface area contributed by atoms with Crippen molar-refractivity contribution in [1.29, 1.82) is 0 Å². The van der Waals surface area contributed by atoms with E-state index >= 15 is 0 Å². The van der Waals surface area contributed by atoms with E-state index in [2.05, 4.69) is 5.32 Å². The van der Waals surface area contributed by atoms with Gasteiger partial charge in [0.1, 0.15) is 0 Å². The summed E-state index contributed by atoms with van der Waals surface area (Å²) in [7, 11) is -3.18. The van der Waals surface area contributed by atoms with Gasteiger partial charge in [0.15, 0.2) is 9.84 Å². The van der Waals surface area contributed by atoms with E-state index in [1.165, 1.54) is 0 Å². The summed E-state index contributed by atoms with van der Waals surface area (Å²) in [6.07, 6.45) is 0.512. The SMILES string of the molecule is O=S1(=O)CCC(Nc2ccc(Cl)cc2Cl)c2ccccc21. The van der Waals surface area contributed by atoms with E-state index in [9.17, 15) is 8.42 Å². The average Bonchev–Trinajstić information content (AvgIpc) is 2.45. The van der Waals surface area contributed by atoms with Gasteiger partial charge >= 0.3 is 0 Å². The van der Waals surface area contributed by atoms with Crippen molar-refractivity contribution in [3.8, 4) is 0 Å². The van der Waals surface area contributed by atoms with Gasteiger partial charge in [-0.2, -0.15) is 0 Å². The molecule has 0 saturated carbocycles. The van der Waals surface area contributed by atoms with Crippen molar-refractivity contribution in [1.82, 2.24) is 0 Å². The molecule has 0 aromatic heterocycles. The van der Waals surface area contributed by atoms with Crippen LogP contribution in [0, 0.1) is 0 Å². The smallest absolute Gasteiger partial charge is 0.178 e. The zero-order valence-corrected chi connectivity index (χ0v) is 13.3. The fourth-order valence-electron chi connectivity index (χ4n) is 2.53. The molecule has 110 valence electrons. The molecule has 0 saturated heterocycles. The molecule has 1 N–H and O–H groups in total. The van der Waals surface area contributed by atoms with Crippen molar-refractivity contribution in [2.24, 2.45) is 0 Å². The number of fused-ring (bicyclic) bond motifs is 1. The van der Waals surface area contributed by atoms with E-state index in [-0.39, 0.29) is 11.8 Å². The summed E-state index contributed by atoms with van der Waals surface area (Å²) >= 11 is 12.1. The third-order valence-electron chi connectivity index (χ3n) is 3.57. The van der Waals surface area contributed by atoms with Crippen LogP contribution in [0.2, 0.25) is 10.0 Å². The Morgan fingerprint density at radius 2 is 1.86 bits per heavy atom. The molecule has 21 heavy (non-hydrogen) atoms. The third-order valence-corrected chi connectivity index (χ3v) is 5.93. The molecule has 0 aliphatic carbocycles. The van der Waals surface area contributed by atoms with Gasteiger partial charge in [-0.3, -0.25) is 0 Å². The maximum Gasteiger partial charge on any atom is 0.178 e. The van der Waals surface area contributed by atoms with Crippen molar-refractivity contribution >= 4 is 38.7 Å². The van der Waals surface area contributed by atoms with Crippen LogP contribution in [0.4, 0.5) is 5.69 Å². The second kappa shape index (κ2) is 5.52. The number of halogens is 2. The first-order valence-corrected chi connectivity index (χ1v) is 8.91. The largest absolute Gasteiger partial charge is 0.377 e. The van der Waals surface area contributed by atoms with Crippen molar-refractivity contribution in [2.45, 2.75) is 17.4 Å². The highest BCUT2D eigenvalue weighted by atomic mass is 35.5. The number of benzene rings is 2. The molecule has 3 rings (SSSR count). The van der Waals surface area contributed by atoms with Crippen LogP contribution in [0.5, 0.6) is 0 Å². The molecule has 2 aromatic carbocycles. The number of hydrogen-bond acceptors (Lipinski definition) is 3. The van der Waals surface area contributed by atoms with E-state index < -0.39 is 9.84 Å². The minimum atomic E-state index is -3.18. The predicted octanol–water partition coefficient (Wildman–Crippen LogP) is 4.32. The second-order valence-corrected chi connectivity index (χ2v) is 7.89. The number of hydrogen-bond donors (Lipinski definition) is 1. The summed E-state index contributed by atoms with van der Waals surface area (Å²) in [5, 5.41) is 4.40. The fourth-order valence-corrected chi connectivity index (χ4v) is 4.62. The Morgan fingerprint density at radius 3 is 2.62 bits per heavy atom. The van der Waals surface area contributed by atoms with Gasteiger partial charge in [0.25, 0.3) is 0 Å². The summed E-state index contributed by atoms with van der Waals surface area (Å²) in [5.74, 6) is 0.132. The lowest BCUT2D eigenvalue weighted by Gasteiger charge is -2.27. The molecule has 2 aromatic rings. The molecule has 0 bridgehead atoms. The molecular formula is C15H13Cl2NO2S. The number of anilines is 1. The van der Waals surface area contributed by atoms with Gasteiger partial charge in [0.05, 0.1) is 27.4 Å². The lowest BCUT2D eigenvalue weighted by atomic mass is 10.0. The molecule has 0 spiro atoms. The first kappa shape index (κ1) is 14.7. The monoisotopic (exact) mass is 341 g/mol. The van der Waals surface area contributed by atoms with E-state index in [1.54, 1.807) is 30.3 Å². The summed E-state index contributed by atoms with van der Waals surface area (Å²) in [6, 6.07) is 12.2. The Kier molecular flexibility index (Phi) is 3.86. The average molecular weight is 342 g/mol. The first-order valence-electron chi connectivity index (χ1n) is 6.51. The van der Waals surface area contributed by atoms with Gasteiger partial charge in [-0.05, 0) is 36.2 Å². The van der Waals surface area contributed by atoms with Crippen LogP contribution in [0.3, 0.4) is 0 Å². The van der Waals surface area contributed by atoms with Gasteiger partial charge in [0.2, 0.25) is 0 Å². The van der Waals surface area contributed by atoms with Crippen LogP contribution in [0.15, 0.2) is 47.4 Å². The highest BCUT2D eigenvalue weighted by Gasteiger charge is 2.30. The zero-order valence-electron chi connectivity index (χ0n) is 11.0. The minimum Gasteiger partial charge on any atom is -0.377 e. The lowest BCUT2D eigenvalue weighted by molar-refractivity contribution is 0.576. The zero-order chi connectivity index (χ0) is 15.0. The Balaban J connectivity index is 1.97. The molecule has 0 radical (unpaired) electrons. The first-order chi connectivity index (χ1) is 9.97. The van der Waals surface area contributed by atoms with Crippen molar-refractivity contribution in [3.63, 3.8) is 0 Å². The summed E-state index contributed by atoms with van der Waals surface area (Å²) < 4.78 is 24.2. The van der Waals surface area contributed by atoms with Gasteiger partial charge in [-0.25, -0.2) is 8.42 Å². The number of nitrogens with one attached hydrogen (secondary N) is 1. The Bertz CT molecular complexity index is 790. The van der Waals surface area contributed by atoms with E-state index in [4.69, 9.17) is 23.2 Å². The van der Waals surface area contributed by atoms with Crippen molar-refractivity contribution in [3.05, 3.63) is 58.1 Å². The standard InChI is InChI=1S/C15H13Cl2NO2S/c16-10-5-6-14(12(17)9-10)18-13-7-8-21(19,20)15-4-2-1-3-11(13)15/h1-6,9,13,18H,7-8H2. The number of rotatable bonds is 2. The summed E-state index contributed by atoms with van der Waals surface area (Å²) in [5.41, 5.74) is 1.54. The normalized spacial score (nSPS) is 19.8. The summed E-state index contributed by atoms with van der Waals surface area (Å²) in [6.45, 7) is 0. The van der Waals surface area contributed by atoms with Crippen LogP contribution in [-0.4, -0.2) is 14.2 Å². The maximum atomic E-state index is 12.1. The molecule has 1 aliphatic heterocycles. The molecule has 0 fully saturated rings. The van der Waals surface area contributed by atoms with Gasteiger partial charge in [-0.1, -0.05) is 41.4 Å². The molecule has 1 heterocycles. The fraction of sp³-hybridized carbons (Fsp3) is 0.200. The van der Waals surface area contributed by atoms with E-state index in [0.717, 1.165) is 11.3 Å². The molecule has 0 amide bonds. The molecule has 1 unspecified atom stereocenters. The third kappa shape index (κ3) is 2.89. The van der Waals surface area contributed by atoms with Gasteiger partial charge in [0, 0.05) is 5.02 Å². The van der Waals surface area contributed by atoms with Crippen LogP contribution in [-0.2, 0) is 9.84 Å². The summed E-state index contributed by atoms with van der Waals surface area (Å²) in [4.78, 5) is 0.402. The quantitative estimate of drug-likeness (QED) is 0.884. The topological polar surface area (TPSA) is 46.2 Å². The van der Waals surface area contributed by atoms with E-state index in [1.807, 2.05) is 12.1 Å². The molecule has 6 heteroatoms. The van der Waals surface area contributed by atoms with Crippen molar-refractivity contribution in [2.75, 3.05) is 11.1 Å². The Labute approximate surface area is 133 Å². The van der Waals surface area contributed by atoms with Crippen LogP contribution in [0.1, 0.15) is 18.0 Å². The maximum absolute atomic E-state index is 12.1. The van der Waals surface area contributed by atoms with Gasteiger partial charge < -0.3 is 5.32 Å². The molecule has 3 nitrogen and oxygen atoms in total. The highest BCUT2D eigenvalue weighted by Crippen LogP contribution is 2.36.